The number of aliphatic hydroxyl groups is 1. The van der Waals surface area contributed by atoms with Crippen LogP contribution in [0.15, 0.2) is 121 Å². The fourth-order valence-corrected chi connectivity index (χ4v) is 10.3. The predicted octanol–water partition coefficient (Wildman–Crippen LogP) is 3.00. The standard InChI is InChI=1S/C31H34OP.ClH/c1-25(30(32)31(2,3)24-26-16-8-4-9-17-26)33(27-18-10-5-11-19-27,28-20-12-6-13-21-28)29-22-14-7-15-23-29;/h4-23,25,30,32H,24H2,1-3H3;1H/q+1;/p-1/t25-,30-;/m1./s1. The van der Waals surface area contributed by atoms with Crippen molar-refractivity contribution in [3.05, 3.63) is 127 Å². The molecule has 0 aromatic heterocycles. The van der Waals surface area contributed by atoms with E-state index in [0.29, 0.717) is 0 Å². The van der Waals surface area contributed by atoms with Gasteiger partial charge in [-0.25, -0.2) is 0 Å². The lowest BCUT2D eigenvalue weighted by molar-refractivity contribution is -0.00000804. The molecule has 0 heterocycles. The van der Waals surface area contributed by atoms with Crippen molar-refractivity contribution in [2.75, 3.05) is 0 Å². The summed E-state index contributed by atoms with van der Waals surface area (Å²) in [4.78, 5) is 0. The van der Waals surface area contributed by atoms with Crippen LogP contribution < -0.4 is 28.3 Å². The Bertz CT molecular complexity index is 1030. The molecule has 176 valence electrons. The minimum absolute atomic E-state index is 0. The van der Waals surface area contributed by atoms with E-state index in [-0.39, 0.29) is 23.5 Å². The highest BCUT2D eigenvalue weighted by atomic mass is 35.5. The third-order valence-corrected chi connectivity index (χ3v) is 11.7. The molecule has 0 saturated carbocycles. The molecule has 0 radical (unpaired) electrons. The molecule has 1 N–H and O–H groups in total. The van der Waals surface area contributed by atoms with Crippen LogP contribution in [0.1, 0.15) is 26.3 Å². The summed E-state index contributed by atoms with van der Waals surface area (Å²) < 4.78 is 0. The van der Waals surface area contributed by atoms with Gasteiger partial charge in [-0.1, -0.05) is 98.8 Å². The summed E-state index contributed by atoms with van der Waals surface area (Å²) in [6.45, 7) is 6.67. The van der Waals surface area contributed by atoms with Gasteiger partial charge in [0.05, 0.1) is 6.10 Å². The van der Waals surface area contributed by atoms with E-state index in [2.05, 4.69) is 136 Å². The second kappa shape index (κ2) is 11.3. The van der Waals surface area contributed by atoms with E-state index >= 15 is 0 Å². The second-order valence-corrected chi connectivity index (χ2v) is 13.4. The fraction of sp³-hybridized carbons (Fsp3) is 0.226. The van der Waals surface area contributed by atoms with Crippen LogP contribution in [-0.4, -0.2) is 16.9 Å². The summed E-state index contributed by atoms with van der Waals surface area (Å²) in [5.74, 6) is 0. The molecule has 1 nitrogen and oxygen atoms in total. The lowest BCUT2D eigenvalue weighted by Crippen LogP contribution is -3.00. The smallest absolute Gasteiger partial charge is 0.117 e. The lowest BCUT2D eigenvalue weighted by atomic mass is 9.79. The normalized spacial score (nSPS) is 13.5. The first-order chi connectivity index (χ1) is 16.0. The highest BCUT2D eigenvalue weighted by Gasteiger charge is 2.55. The molecular weight excluding hydrogens is 455 g/mol. The van der Waals surface area contributed by atoms with Crippen LogP contribution in [0, 0.1) is 5.41 Å². The SMILES string of the molecule is C[C@H]([C@@H](O)C(C)(C)Cc1ccccc1)[P+](c1ccccc1)(c1ccccc1)c1ccccc1.[Cl-]. The van der Waals surface area contributed by atoms with Gasteiger partial charge in [-0.3, -0.25) is 0 Å². The van der Waals surface area contributed by atoms with Gasteiger partial charge < -0.3 is 17.5 Å². The fourth-order valence-electron chi connectivity index (χ4n) is 5.23. The Morgan fingerprint density at radius 2 is 0.941 bits per heavy atom. The van der Waals surface area contributed by atoms with E-state index in [4.69, 9.17) is 0 Å². The maximum absolute atomic E-state index is 12.1. The van der Waals surface area contributed by atoms with E-state index in [9.17, 15) is 5.11 Å². The van der Waals surface area contributed by atoms with Crippen LogP contribution >= 0.6 is 7.26 Å². The average Bonchev–Trinajstić information content (AvgIpc) is 2.86. The van der Waals surface area contributed by atoms with E-state index in [1.807, 2.05) is 6.07 Å². The van der Waals surface area contributed by atoms with Crippen LogP contribution in [-0.2, 0) is 6.42 Å². The van der Waals surface area contributed by atoms with Crippen molar-refractivity contribution in [2.45, 2.75) is 39.0 Å². The first-order valence-corrected chi connectivity index (χ1v) is 13.6. The number of hydrogen-bond donors (Lipinski definition) is 1. The first-order valence-electron chi connectivity index (χ1n) is 11.7. The molecule has 0 fully saturated rings. The van der Waals surface area contributed by atoms with Crippen LogP contribution in [0.3, 0.4) is 0 Å². The Morgan fingerprint density at radius 3 is 1.29 bits per heavy atom. The number of halogens is 1. The molecular formula is C31H34ClOP. The molecule has 4 aromatic rings. The minimum Gasteiger partial charge on any atom is -1.00 e. The monoisotopic (exact) mass is 488 g/mol. The van der Waals surface area contributed by atoms with Gasteiger partial charge in [0.1, 0.15) is 28.8 Å². The maximum atomic E-state index is 12.1. The van der Waals surface area contributed by atoms with Crippen molar-refractivity contribution in [3.8, 4) is 0 Å². The van der Waals surface area contributed by atoms with Gasteiger partial charge in [-0.2, -0.15) is 0 Å². The molecule has 0 aliphatic heterocycles. The molecule has 4 aromatic carbocycles. The summed E-state index contributed by atoms with van der Waals surface area (Å²) in [5, 5.41) is 16.0. The molecule has 2 atom stereocenters. The highest BCUT2D eigenvalue weighted by molar-refractivity contribution is 7.96. The van der Waals surface area contributed by atoms with Gasteiger partial charge in [0, 0.05) is 0 Å². The summed E-state index contributed by atoms with van der Waals surface area (Å²) in [6.07, 6.45) is 0.337. The molecule has 4 rings (SSSR count). The average molecular weight is 489 g/mol. The third kappa shape index (κ3) is 5.13. The molecule has 34 heavy (non-hydrogen) atoms. The zero-order valence-electron chi connectivity index (χ0n) is 20.2. The Balaban J connectivity index is 0.00000324. The molecule has 0 unspecified atom stereocenters. The summed E-state index contributed by atoms with van der Waals surface area (Å²) >= 11 is 0. The van der Waals surface area contributed by atoms with Crippen molar-refractivity contribution in [3.63, 3.8) is 0 Å². The van der Waals surface area contributed by atoms with Crippen molar-refractivity contribution < 1.29 is 17.5 Å². The van der Waals surface area contributed by atoms with E-state index in [1.165, 1.54) is 21.5 Å². The van der Waals surface area contributed by atoms with Crippen LogP contribution in [0.5, 0.6) is 0 Å². The lowest BCUT2D eigenvalue weighted by Gasteiger charge is -2.41. The van der Waals surface area contributed by atoms with E-state index in [0.717, 1.165) is 6.42 Å². The molecule has 0 amide bonds. The van der Waals surface area contributed by atoms with Gasteiger partial charge in [-0.15, -0.1) is 0 Å². The molecule has 3 heteroatoms. The van der Waals surface area contributed by atoms with Crippen molar-refractivity contribution in [1.82, 2.24) is 0 Å². The summed E-state index contributed by atoms with van der Waals surface area (Å²) in [7, 11) is -2.15. The quantitative estimate of drug-likeness (QED) is 0.378. The summed E-state index contributed by atoms with van der Waals surface area (Å²) in [5.41, 5.74) is 1.00. The number of aliphatic hydroxyl groups excluding tert-OH is 1. The van der Waals surface area contributed by atoms with Crippen molar-refractivity contribution in [2.24, 2.45) is 5.41 Å². The minimum atomic E-state index is -2.15. The maximum Gasteiger partial charge on any atom is 0.117 e. The van der Waals surface area contributed by atoms with Crippen LogP contribution in [0.2, 0.25) is 0 Å². The third-order valence-electron chi connectivity index (χ3n) is 6.86. The largest absolute Gasteiger partial charge is 1.00 e. The Hall–Kier alpha value is -2.44. The van der Waals surface area contributed by atoms with E-state index in [1.54, 1.807) is 0 Å². The Kier molecular flexibility index (Phi) is 8.72. The van der Waals surface area contributed by atoms with Gasteiger partial charge in [-0.05, 0) is 60.7 Å². The summed E-state index contributed by atoms with van der Waals surface area (Å²) in [6, 6.07) is 43.0. The first kappa shape index (κ1) is 26.2. The second-order valence-electron chi connectivity index (χ2n) is 9.57. The van der Waals surface area contributed by atoms with Gasteiger partial charge in [0.15, 0.2) is 0 Å². The van der Waals surface area contributed by atoms with Crippen LogP contribution in [0.4, 0.5) is 0 Å². The number of benzene rings is 4. The topological polar surface area (TPSA) is 20.2 Å². The zero-order valence-corrected chi connectivity index (χ0v) is 21.8. The van der Waals surface area contributed by atoms with Crippen LogP contribution in [0.25, 0.3) is 0 Å². The molecule has 0 aliphatic carbocycles. The van der Waals surface area contributed by atoms with Gasteiger partial charge in [0.25, 0.3) is 0 Å². The van der Waals surface area contributed by atoms with E-state index < -0.39 is 13.4 Å². The number of hydrogen-bond acceptors (Lipinski definition) is 1. The van der Waals surface area contributed by atoms with Crippen molar-refractivity contribution in [1.29, 1.82) is 0 Å². The van der Waals surface area contributed by atoms with Gasteiger partial charge >= 0.3 is 0 Å². The zero-order chi connectivity index (χ0) is 23.3. The Labute approximate surface area is 211 Å². The molecule has 0 aliphatic rings. The molecule has 0 spiro atoms. The number of rotatable bonds is 8. The highest BCUT2D eigenvalue weighted by Crippen LogP contribution is 2.62. The Morgan fingerprint density at radius 1 is 0.618 bits per heavy atom. The molecule has 0 saturated heterocycles. The predicted molar refractivity (Wildman–Crippen MR) is 145 cm³/mol. The van der Waals surface area contributed by atoms with Gasteiger partial charge in [0.2, 0.25) is 0 Å². The van der Waals surface area contributed by atoms with Crippen molar-refractivity contribution >= 4 is 23.2 Å². The molecule has 0 bridgehead atoms.